The van der Waals surface area contributed by atoms with Gasteiger partial charge in [-0.1, -0.05) is 0 Å². The van der Waals surface area contributed by atoms with Crippen molar-refractivity contribution in [2.24, 2.45) is 11.8 Å². The first-order valence-corrected chi connectivity index (χ1v) is 6.71. The van der Waals surface area contributed by atoms with E-state index < -0.39 is 18.4 Å². The average Bonchev–Trinajstić information content (AvgIpc) is 2.31. The van der Waals surface area contributed by atoms with E-state index in [9.17, 15) is 8.78 Å². The smallest absolute Gasteiger partial charge is 0.139 e. The van der Waals surface area contributed by atoms with E-state index in [1.54, 1.807) is 0 Å². The van der Waals surface area contributed by atoms with Crippen molar-refractivity contribution >= 4 is 0 Å². The molecule has 0 aromatic carbocycles. The molecule has 2 aliphatic rings. The van der Waals surface area contributed by atoms with Crippen LogP contribution in [0.4, 0.5) is 8.78 Å². The van der Waals surface area contributed by atoms with E-state index in [0.717, 1.165) is 13.1 Å². The molecule has 0 aliphatic carbocycles. The molecule has 0 amide bonds. The number of hydrogen-bond donors (Lipinski definition) is 0. The third-order valence-corrected chi connectivity index (χ3v) is 4.38. The number of halogens is 2. The molecule has 3 nitrogen and oxygen atoms in total. The Labute approximate surface area is 108 Å². The summed E-state index contributed by atoms with van der Waals surface area (Å²) < 4.78 is 33.5. The van der Waals surface area contributed by atoms with E-state index in [-0.39, 0.29) is 11.8 Å². The normalized spacial score (nSPS) is 44.2. The van der Waals surface area contributed by atoms with Crippen LogP contribution in [0.2, 0.25) is 0 Å². The van der Waals surface area contributed by atoms with Crippen LogP contribution in [0.3, 0.4) is 0 Å². The van der Waals surface area contributed by atoms with Crippen molar-refractivity contribution in [3.05, 3.63) is 0 Å². The first kappa shape index (κ1) is 14.2. The van der Waals surface area contributed by atoms with Gasteiger partial charge in [-0.15, -0.1) is 0 Å². The molecule has 0 bridgehead atoms. The number of alkyl halides is 2. The summed E-state index contributed by atoms with van der Waals surface area (Å²) in [6.07, 6.45) is -1.76. The van der Waals surface area contributed by atoms with E-state index in [4.69, 9.17) is 4.74 Å². The molecule has 2 aliphatic heterocycles. The molecular formula is C13H24F2N2O. The Morgan fingerprint density at radius 2 is 1.61 bits per heavy atom. The number of nitrogens with zero attached hydrogens (tertiary/aromatic N) is 2. The Morgan fingerprint density at radius 1 is 0.944 bits per heavy atom. The highest BCUT2D eigenvalue weighted by Gasteiger charge is 2.44. The fourth-order valence-electron chi connectivity index (χ4n) is 3.44. The van der Waals surface area contributed by atoms with Gasteiger partial charge in [-0.05, 0) is 20.5 Å². The minimum atomic E-state index is -1.02. The predicted octanol–water partition coefficient (Wildman–Crippen LogP) is 1.19. The van der Waals surface area contributed by atoms with Crippen molar-refractivity contribution in [3.8, 4) is 0 Å². The quantitative estimate of drug-likeness (QED) is 0.743. The fourth-order valence-corrected chi connectivity index (χ4v) is 3.44. The lowest BCUT2D eigenvalue weighted by atomic mass is 9.77. The number of piperidine rings is 2. The van der Waals surface area contributed by atoms with Crippen molar-refractivity contribution in [2.75, 3.05) is 47.4 Å². The molecule has 0 spiro atoms. The predicted molar refractivity (Wildman–Crippen MR) is 67.2 cm³/mol. The zero-order chi connectivity index (χ0) is 13.3. The number of hydrogen-bond acceptors (Lipinski definition) is 3. The van der Waals surface area contributed by atoms with Gasteiger partial charge in [-0.2, -0.15) is 0 Å². The minimum absolute atomic E-state index is 0.0542. The average molecular weight is 262 g/mol. The minimum Gasteiger partial charge on any atom is -0.378 e. The molecule has 2 fully saturated rings. The molecule has 3 unspecified atom stereocenters. The first-order chi connectivity index (χ1) is 8.52. The summed E-state index contributed by atoms with van der Waals surface area (Å²) in [4.78, 5) is 4.08. The molecular weight excluding hydrogens is 238 g/mol. The summed E-state index contributed by atoms with van der Waals surface area (Å²) in [6, 6.07) is 0. The van der Waals surface area contributed by atoms with E-state index in [2.05, 4.69) is 4.90 Å². The number of methoxy groups -OCH3 is 1. The second-order valence-electron chi connectivity index (χ2n) is 5.83. The zero-order valence-electron chi connectivity index (χ0n) is 11.5. The van der Waals surface area contributed by atoms with E-state index in [1.807, 2.05) is 19.0 Å². The summed E-state index contributed by atoms with van der Waals surface area (Å²) in [7, 11) is 5.43. The highest BCUT2D eigenvalue weighted by molar-refractivity contribution is 4.95. The van der Waals surface area contributed by atoms with Crippen molar-refractivity contribution in [1.82, 2.24) is 9.80 Å². The van der Waals surface area contributed by atoms with Crippen molar-refractivity contribution in [3.63, 3.8) is 0 Å². The van der Waals surface area contributed by atoms with Crippen LogP contribution in [-0.2, 0) is 4.74 Å². The molecule has 0 N–H and O–H groups in total. The van der Waals surface area contributed by atoms with Gasteiger partial charge in [0.25, 0.3) is 0 Å². The van der Waals surface area contributed by atoms with E-state index >= 15 is 0 Å². The van der Waals surface area contributed by atoms with Crippen LogP contribution in [0.5, 0.6) is 0 Å². The zero-order valence-corrected chi connectivity index (χ0v) is 11.5. The Balaban J connectivity index is 2.12. The Hall–Kier alpha value is -0.260. The van der Waals surface area contributed by atoms with Crippen molar-refractivity contribution in [2.45, 2.75) is 24.9 Å². The standard InChI is InChI=1S/C13H24F2N2O/c1-16-5-4-11(14)9(6-16)10-7-17(2)8-12(15)13(10)18-3/h9-13H,4-8H2,1-3H3/t9?,10?,11?,12-,13+/m1/s1. The topological polar surface area (TPSA) is 15.7 Å². The van der Waals surface area contributed by atoms with Gasteiger partial charge in [-0.25, -0.2) is 8.78 Å². The molecule has 2 rings (SSSR count). The number of ether oxygens (including phenoxy) is 1. The van der Waals surface area contributed by atoms with Gasteiger partial charge in [-0.3, -0.25) is 0 Å². The van der Waals surface area contributed by atoms with Crippen LogP contribution in [-0.4, -0.2) is 75.6 Å². The van der Waals surface area contributed by atoms with Gasteiger partial charge in [0.05, 0.1) is 6.10 Å². The second kappa shape index (κ2) is 5.80. The highest BCUT2D eigenvalue weighted by Crippen LogP contribution is 2.34. The van der Waals surface area contributed by atoms with Crippen LogP contribution in [0.1, 0.15) is 6.42 Å². The van der Waals surface area contributed by atoms with Gasteiger partial charge >= 0.3 is 0 Å². The van der Waals surface area contributed by atoms with Gasteiger partial charge in [0, 0.05) is 45.1 Å². The lowest BCUT2D eigenvalue weighted by molar-refractivity contribution is -0.0949. The molecule has 0 aromatic rings. The third-order valence-electron chi connectivity index (χ3n) is 4.38. The van der Waals surface area contributed by atoms with Gasteiger partial charge in [0.2, 0.25) is 0 Å². The molecule has 5 atom stereocenters. The maximum Gasteiger partial charge on any atom is 0.139 e. The summed E-state index contributed by atoms with van der Waals surface area (Å²) in [5, 5.41) is 0. The molecule has 0 radical (unpaired) electrons. The summed E-state index contributed by atoms with van der Waals surface area (Å²) in [5.74, 6) is -0.170. The molecule has 18 heavy (non-hydrogen) atoms. The van der Waals surface area contributed by atoms with Crippen LogP contribution in [0.15, 0.2) is 0 Å². The van der Waals surface area contributed by atoms with Crippen molar-refractivity contribution < 1.29 is 13.5 Å². The largest absolute Gasteiger partial charge is 0.378 e. The molecule has 0 aromatic heterocycles. The third kappa shape index (κ3) is 2.83. The molecule has 5 heteroatoms. The fraction of sp³-hybridized carbons (Fsp3) is 1.00. The van der Waals surface area contributed by atoms with Gasteiger partial charge in [0.1, 0.15) is 12.3 Å². The van der Waals surface area contributed by atoms with E-state index in [1.165, 1.54) is 7.11 Å². The maximum atomic E-state index is 14.1. The summed E-state index contributed by atoms with van der Waals surface area (Å²) in [6.45, 7) is 2.59. The summed E-state index contributed by atoms with van der Waals surface area (Å²) >= 11 is 0. The van der Waals surface area contributed by atoms with Gasteiger partial charge in [0.15, 0.2) is 0 Å². The Bertz CT molecular complexity index is 280. The van der Waals surface area contributed by atoms with Crippen LogP contribution in [0, 0.1) is 11.8 Å². The number of likely N-dealkylation sites (tertiary alicyclic amines) is 2. The van der Waals surface area contributed by atoms with Gasteiger partial charge < -0.3 is 14.5 Å². The SMILES string of the molecule is CO[C@H]1C(C2CN(C)CCC2F)CN(C)C[C@H]1F. The molecule has 106 valence electrons. The van der Waals surface area contributed by atoms with Crippen molar-refractivity contribution in [1.29, 1.82) is 0 Å². The van der Waals surface area contributed by atoms with E-state index in [0.29, 0.717) is 19.5 Å². The number of rotatable bonds is 2. The first-order valence-electron chi connectivity index (χ1n) is 6.71. The lowest BCUT2D eigenvalue weighted by Gasteiger charge is -2.45. The Morgan fingerprint density at radius 3 is 2.28 bits per heavy atom. The Kier molecular flexibility index (Phi) is 4.56. The lowest BCUT2D eigenvalue weighted by Crippen LogP contribution is -2.56. The molecule has 2 heterocycles. The van der Waals surface area contributed by atoms with Crippen LogP contribution < -0.4 is 0 Å². The highest BCUT2D eigenvalue weighted by atomic mass is 19.1. The monoisotopic (exact) mass is 262 g/mol. The molecule has 0 saturated carbocycles. The van der Waals surface area contributed by atoms with Crippen LogP contribution >= 0.6 is 0 Å². The van der Waals surface area contributed by atoms with Crippen LogP contribution in [0.25, 0.3) is 0 Å². The second-order valence-corrected chi connectivity index (χ2v) is 5.83. The maximum absolute atomic E-state index is 14.1. The molecule has 2 saturated heterocycles. The summed E-state index contributed by atoms with van der Waals surface area (Å²) in [5.41, 5.74) is 0.